The third-order valence-corrected chi connectivity index (χ3v) is 4.41. The van der Waals surface area contributed by atoms with Gasteiger partial charge in [-0.05, 0) is 32.2 Å². The Bertz CT molecular complexity index is 703. The fraction of sp³-hybridized carbons (Fsp3) is 0.647. The van der Waals surface area contributed by atoms with Crippen LogP contribution in [0.1, 0.15) is 32.1 Å². The highest BCUT2D eigenvalue weighted by molar-refractivity contribution is 5.95. The molecule has 1 aliphatic heterocycles. The number of nitrogens with one attached hydrogen (secondary N) is 4. The topological polar surface area (TPSA) is 244 Å². The molecule has 1 rings (SSSR count). The van der Waals surface area contributed by atoms with Crippen LogP contribution in [0.25, 0.3) is 0 Å². The third-order valence-electron chi connectivity index (χ3n) is 4.41. The van der Waals surface area contributed by atoms with Crippen LogP contribution in [0, 0.1) is 0 Å². The zero-order valence-electron chi connectivity index (χ0n) is 17.1. The number of carbonyl (C=O) groups is 5. The molecule has 14 nitrogen and oxygen atoms in total. The lowest BCUT2D eigenvalue weighted by molar-refractivity contribution is -0.138. The van der Waals surface area contributed by atoms with E-state index in [-0.39, 0.29) is 24.8 Å². The molecule has 174 valence electrons. The lowest BCUT2D eigenvalue weighted by Crippen LogP contribution is -2.56. The maximum atomic E-state index is 12.8. The number of rotatable bonds is 13. The average Bonchev–Trinajstić information content (AvgIpc) is 3.22. The predicted octanol–water partition coefficient (Wildman–Crippen LogP) is -4.16. The number of nitrogens with two attached hydrogens (primary N) is 3. The molecule has 0 aromatic carbocycles. The Morgan fingerprint density at radius 3 is 2.32 bits per heavy atom. The molecule has 1 saturated heterocycles. The maximum Gasteiger partial charge on any atom is 0.322 e. The number of amides is 4. The summed E-state index contributed by atoms with van der Waals surface area (Å²) in [7, 11) is 0. The maximum absolute atomic E-state index is 12.8. The molecule has 14 heteroatoms. The molecule has 1 heterocycles. The molecular formula is C17H30N8O6. The molecule has 1 aliphatic rings. The SMILES string of the molecule is NC(=O)CC(NC(=O)C(CCCN=C(N)N)NC(=O)C1CCCN1)C(=O)NCC(=O)O. The van der Waals surface area contributed by atoms with Gasteiger partial charge in [0, 0.05) is 6.54 Å². The quantitative estimate of drug-likeness (QED) is 0.0782. The van der Waals surface area contributed by atoms with Crippen LogP contribution in [0.2, 0.25) is 0 Å². The molecule has 4 amide bonds. The largest absolute Gasteiger partial charge is 0.480 e. The van der Waals surface area contributed by atoms with Gasteiger partial charge >= 0.3 is 5.97 Å². The Morgan fingerprint density at radius 2 is 1.77 bits per heavy atom. The summed E-state index contributed by atoms with van der Waals surface area (Å²) in [5.41, 5.74) is 15.7. The molecule has 0 radical (unpaired) electrons. The van der Waals surface area contributed by atoms with Gasteiger partial charge in [0.1, 0.15) is 18.6 Å². The van der Waals surface area contributed by atoms with E-state index in [1.807, 2.05) is 0 Å². The van der Waals surface area contributed by atoms with Crippen molar-refractivity contribution in [3.63, 3.8) is 0 Å². The van der Waals surface area contributed by atoms with Crippen molar-refractivity contribution in [1.29, 1.82) is 0 Å². The Labute approximate surface area is 178 Å². The summed E-state index contributed by atoms with van der Waals surface area (Å²) in [4.78, 5) is 63.1. The third kappa shape index (κ3) is 10.3. The number of aliphatic imine (C=N–C) groups is 1. The number of carboxylic acid groups (broad SMARTS) is 1. The molecular weight excluding hydrogens is 412 g/mol. The molecule has 0 bridgehead atoms. The highest BCUT2D eigenvalue weighted by Gasteiger charge is 2.30. The minimum Gasteiger partial charge on any atom is -0.480 e. The normalized spacial score (nSPS) is 17.1. The lowest BCUT2D eigenvalue weighted by atomic mass is 10.1. The van der Waals surface area contributed by atoms with Crippen molar-refractivity contribution < 1.29 is 29.1 Å². The molecule has 0 aliphatic carbocycles. The van der Waals surface area contributed by atoms with Gasteiger partial charge in [-0.25, -0.2) is 0 Å². The Hall–Kier alpha value is -3.42. The van der Waals surface area contributed by atoms with Gasteiger partial charge in [0.2, 0.25) is 23.6 Å². The van der Waals surface area contributed by atoms with Crippen molar-refractivity contribution >= 4 is 35.6 Å². The first kappa shape index (κ1) is 25.6. The summed E-state index contributed by atoms with van der Waals surface area (Å²) >= 11 is 0. The number of carbonyl (C=O) groups excluding carboxylic acids is 4. The van der Waals surface area contributed by atoms with Crippen LogP contribution in [-0.4, -0.2) is 78.4 Å². The first-order valence-corrected chi connectivity index (χ1v) is 9.77. The van der Waals surface area contributed by atoms with Gasteiger partial charge in [-0.3, -0.25) is 29.0 Å². The van der Waals surface area contributed by atoms with Crippen molar-refractivity contribution in [3.05, 3.63) is 0 Å². The molecule has 0 spiro atoms. The van der Waals surface area contributed by atoms with Gasteiger partial charge in [-0.1, -0.05) is 0 Å². The molecule has 0 aromatic rings. The van der Waals surface area contributed by atoms with E-state index in [1.165, 1.54) is 0 Å². The fourth-order valence-corrected chi connectivity index (χ4v) is 2.92. The second kappa shape index (κ2) is 13.0. The average molecular weight is 442 g/mol. The molecule has 0 saturated carbocycles. The van der Waals surface area contributed by atoms with E-state index in [9.17, 15) is 24.0 Å². The first-order chi connectivity index (χ1) is 14.6. The van der Waals surface area contributed by atoms with Crippen molar-refractivity contribution in [1.82, 2.24) is 21.3 Å². The lowest BCUT2D eigenvalue weighted by Gasteiger charge is -2.23. The zero-order chi connectivity index (χ0) is 23.4. The number of hydrogen-bond acceptors (Lipinski definition) is 7. The van der Waals surface area contributed by atoms with E-state index in [0.717, 1.165) is 6.42 Å². The summed E-state index contributed by atoms with van der Waals surface area (Å²) in [5, 5.41) is 18.8. The molecule has 0 aromatic heterocycles. The van der Waals surface area contributed by atoms with Gasteiger partial charge in [0.05, 0.1) is 12.5 Å². The van der Waals surface area contributed by atoms with E-state index < -0.39 is 54.8 Å². The number of nitrogens with zero attached hydrogens (tertiary/aromatic N) is 1. The molecule has 3 atom stereocenters. The van der Waals surface area contributed by atoms with Gasteiger partial charge in [-0.2, -0.15) is 0 Å². The van der Waals surface area contributed by atoms with Crippen LogP contribution in [0.4, 0.5) is 0 Å². The fourth-order valence-electron chi connectivity index (χ4n) is 2.92. The van der Waals surface area contributed by atoms with Crippen LogP contribution in [0.15, 0.2) is 4.99 Å². The summed E-state index contributed by atoms with van der Waals surface area (Å²) in [6.07, 6.45) is 1.40. The molecule has 31 heavy (non-hydrogen) atoms. The predicted molar refractivity (Wildman–Crippen MR) is 109 cm³/mol. The second-order valence-corrected chi connectivity index (χ2v) is 7.00. The minimum atomic E-state index is -1.40. The van der Waals surface area contributed by atoms with Crippen LogP contribution in [0.5, 0.6) is 0 Å². The van der Waals surface area contributed by atoms with Gasteiger partial charge in [-0.15, -0.1) is 0 Å². The number of carboxylic acids is 1. The van der Waals surface area contributed by atoms with E-state index in [4.69, 9.17) is 22.3 Å². The highest BCUT2D eigenvalue weighted by Crippen LogP contribution is 2.07. The molecule has 3 unspecified atom stereocenters. The zero-order valence-corrected chi connectivity index (χ0v) is 17.1. The Balaban J connectivity index is 2.84. The summed E-state index contributed by atoms with van der Waals surface area (Å²) < 4.78 is 0. The second-order valence-electron chi connectivity index (χ2n) is 7.00. The number of aliphatic carboxylic acids is 1. The van der Waals surface area contributed by atoms with Crippen LogP contribution in [0.3, 0.4) is 0 Å². The van der Waals surface area contributed by atoms with Crippen molar-refractivity contribution in [3.8, 4) is 0 Å². The first-order valence-electron chi connectivity index (χ1n) is 9.77. The van der Waals surface area contributed by atoms with Gasteiger partial charge in [0.25, 0.3) is 0 Å². The van der Waals surface area contributed by atoms with Gasteiger partial charge < -0.3 is 43.6 Å². The molecule has 11 N–H and O–H groups in total. The minimum absolute atomic E-state index is 0.114. The van der Waals surface area contributed by atoms with E-state index in [0.29, 0.717) is 19.4 Å². The van der Waals surface area contributed by atoms with Crippen molar-refractivity contribution in [2.75, 3.05) is 19.6 Å². The Kier molecular flexibility index (Phi) is 10.7. The summed E-state index contributed by atoms with van der Waals surface area (Å²) in [6, 6.07) is -2.87. The van der Waals surface area contributed by atoms with Crippen LogP contribution in [-0.2, 0) is 24.0 Å². The standard InChI is InChI=1S/C17H30N8O6/c18-12(26)7-11(14(29)23-8-13(27)28)25-16(31)10(4-2-6-22-17(19)20)24-15(30)9-3-1-5-21-9/h9-11,21H,1-8H2,(H2,18,26)(H,23,29)(H,24,30)(H,25,31)(H,27,28)(H4,19,20,22). The summed E-state index contributed by atoms with van der Waals surface area (Å²) in [5.74, 6) is -4.28. The number of primary amides is 1. The van der Waals surface area contributed by atoms with E-state index >= 15 is 0 Å². The van der Waals surface area contributed by atoms with Crippen LogP contribution < -0.4 is 38.5 Å². The smallest absolute Gasteiger partial charge is 0.322 e. The van der Waals surface area contributed by atoms with Crippen molar-refractivity contribution in [2.24, 2.45) is 22.2 Å². The molecule has 1 fully saturated rings. The number of guanidine groups is 1. The Morgan fingerprint density at radius 1 is 1.06 bits per heavy atom. The highest BCUT2D eigenvalue weighted by atomic mass is 16.4. The van der Waals surface area contributed by atoms with E-state index in [1.54, 1.807) is 0 Å². The van der Waals surface area contributed by atoms with Crippen LogP contribution >= 0.6 is 0 Å². The summed E-state index contributed by atoms with van der Waals surface area (Å²) in [6.45, 7) is 0.202. The van der Waals surface area contributed by atoms with Gasteiger partial charge in [0.15, 0.2) is 5.96 Å². The number of hydrogen-bond donors (Lipinski definition) is 8. The van der Waals surface area contributed by atoms with Crippen molar-refractivity contribution in [2.45, 2.75) is 50.2 Å². The monoisotopic (exact) mass is 442 g/mol. The van der Waals surface area contributed by atoms with E-state index in [2.05, 4.69) is 26.3 Å².